The Morgan fingerprint density at radius 1 is 1.05 bits per heavy atom. The summed E-state index contributed by atoms with van der Waals surface area (Å²) >= 11 is 0. The summed E-state index contributed by atoms with van der Waals surface area (Å²) < 4.78 is 7.67. The van der Waals surface area contributed by atoms with E-state index in [0.29, 0.717) is 18.8 Å². The Balaban J connectivity index is 2.03. The topological polar surface area (TPSA) is 65.3 Å². The Hall–Kier alpha value is -2.34. The van der Waals surface area contributed by atoms with Crippen LogP contribution in [0.15, 0.2) is 39.9 Å². The highest BCUT2D eigenvalue weighted by molar-refractivity contribution is 5.27. The van der Waals surface area contributed by atoms with Gasteiger partial charge in [-0.05, 0) is 17.7 Å². The number of hydrogen-bond acceptors (Lipinski definition) is 4. The largest absolute Gasteiger partial charge is 0.497 e. The average Bonchev–Trinajstić information content (AvgIpc) is 2.51. The summed E-state index contributed by atoms with van der Waals surface area (Å²) in [6, 6.07) is 9.20. The second kappa shape index (κ2) is 6.41. The fourth-order valence-corrected chi connectivity index (χ4v) is 2.03. The molecule has 6 nitrogen and oxygen atoms in total. The van der Waals surface area contributed by atoms with E-state index in [4.69, 9.17) is 4.74 Å². The van der Waals surface area contributed by atoms with Crippen molar-refractivity contribution in [3.8, 4) is 5.75 Å². The monoisotopic (exact) mass is 289 g/mol. The summed E-state index contributed by atoms with van der Waals surface area (Å²) in [5.41, 5.74) is 1.16. The predicted octanol–water partition coefficient (Wildman–Crippen LogP) is 0.382. The van der Waals surface area contributed by atoms with Gasteiger partial charge < -0.3 is 10.1 Å². The lowest BCUT2D eigenvalue weighted by Gasteiger charge is -2.10. The molecule has 0 saturated heterocycles. The number of methoxy groups -OCH3 is 1. The fourth-order valence-electron chi connectivity index (χ4n) is 2.03. The molecule has 0 atom stereocenters. The Morgan fingerprint density at radius 2 is 1.71 bits per heavy atom. The molecule has 21 heavy (non-hydrogen) atoms. The number of ether oxygens (including phenoxy) is 1. The molecule has 0 unspecified atom stereocenters. The highest BCUT2D eigenvalue weighted by Crippen LogP contribution is 2.10. The quantitative estimate of drug-likeness (QED) is 0.864. The van der Waals surface area contributed by atoms with Crippen molar-refractivity contribution in [3.05, 3.63) is 62.4 Å². The normalized spacial score (nSPS) is 10.6. The fraction of sp³-hybridized carbons (Fsp3) is 0.333. The molecule has 0 aliphatic heterocycles. The minimum Gasteiger partial charge on any atom is -0.497 e. The van der Waals surface area contributed by atoms with E-state index < -0.39 is 0 Å². The first-order valence-corrected chi connectivity index (χ1v) is 6.62. The van der Waals surface area contributed by atoms with Crippen LogP contribution in [0, 0.1) is 0 Å². The van der Waals surface area contributed by atoms with Crippen LogP contribution in [-0.4, -0.2) is 16.2 Å². The van der Waals surface area contributed by atoms with Crippen molar-refractivity contribution in [2.24, 2.45) is 14.1 Å². The van der Waals surface area contributed by atoms with Gasteiger partial charge in [0.2, 0.25) is 0 Å². The average molecular weight is 289 g/mol. The van der Waals surface area contributed by atoms with Crippen LogP contribution in [0.2, 0.25) is 0 Å². The second-order valence-electron chi connectivity index (χ2n) is 4.83. The summed E-state index contributed by atoms with van der Waals surface area (Å²) in [5.74, 6) is 0.813. The molecule has 0 spiro atoms. The number of hydrogen-bond donors (Lipinski definition) is 1. The minimum absolute atomic E-state index is 0.292. The Morgan fingerprint density at radius 3 is 2.33 bits per heavy atom. The third kappa shape index (κ3) is 3.41. The van der Waals surface area contributed by atoms with Gasteiger partial charge >= 0.3 is 5.69 Å². The van der Waals surface area contributed by atoms with Gasteiger partial charge in [-0.15, -0.1) is 0 Å². The number of aromatic nitrogens is 2. The van der Waals surface area contributed by atoms with Crippen LogP contribution in [0.5, 0.6) is 5.75 Å². The number of benzene rings is 1. The van der Waals surface area contributed by atoms with Crippen molar-refractivity contribution < 1.29 is 4.74 Å². The Bertz CT molecular complexity index is 729. The van der Waals surface area contributed by atoms with E-state index in [1.54, 1.807) is 14.2 Å². The van der Waals surface area contributed by atoms with E-state index in [-0.39, 0.29) is 11.2 Å². The molecule has 112 valence electrons. The van der Waals surface area contributed by atoms with Crippen LogP contribution in [0.4, 0.5) is 0 Å². The molecule has 1 N–H and O–H groups in total. The van der Waals surface area contributed by atoms with Crippen molar-refractivity contribution in [1.82, 2.24) is 14.5 Å². The van der Waals surface area contributed by atoms with Crippen molar-refractivity contribution >= 4 is 0 Å². The molecule has 0 saturated carbocycles. The van der Waals surface area contributed by atoms with Gasteiger partial charge in [-0.25, -0.2) is 4.79 Å². The van der Waals surface area contributed by atoms with Crippen molar-refractivity contribution in [2.45, 2.75) is 13.1 Å². The van der Waals surface area contributed by atoms with Crippen LogP contribution < -0.4 is 21.3 Å². The van der Waals surface area contributed by atoms with Crippen LogP contribution >= 0.6 is 0 Å². The highest BCUT2D eigenvalue weighted by Gasteiger charge is 2.05. The zero-order valence-electron chi connectivity index (χ0n) is 12.4. The zero-order chi connectivity index (χ0) is 15.4. The second-order valence-corrected chi connectivity index (χ2v) is 4.83. The molecular weight excluding hydrogens is 270 g/mol. The molecule has 6 heteroatoms. The number of rotatable bonds is 5. The molecule has 0 aliphatic rings. The van der Waals surface area contributed by atoms with E-state index >= 15 is 0 Å². The van der Waals surface area contributed by atoms with E-state index in [0.717, 1.165) is 15.9 Å². The molecule has 0 radical (unpaired) electrons. The van der Waals surface area contributed by atoms with Gasteiger partial charge in [-0.3, -0.25) is 13.9 Å². The summed E-state index contributed by atoms with van der Waals surface area (Å²) in [6.45, 7) is 1.10. The minimum atomic E-state index is -0.316. The first-order valence-electron chi connectivity index (χ1n) is 6.62. The van der Waals surface area contributed by atoms with Gasteiger partial charge in [0.15, 0.2) is 0 Å². The summed E-state index contributed by atoms with van der Waals surface area (Å²) in [6.07, 6.45) is 0. The molecular formula is C15H19N3O3. The van der Waals surface area contributed by atoms with Gasteiger partial charge in [0.25, 0.3) is 5.56 Å². The van der Waals surface area contributed by atoms with Gasteiger partial charge in [0.05, 0.1) is 7.11 Å². The van der Waals surface area contributed by atoms with E-state index in [2.05, 4.69) is 5.32 Å². The maximum absolute atomic E-state index is 11.8. The maximum Gasteiger partial charge on any atom is 0.330 e. The first kappa shape index (κ1) is 15.1. The third-order valence-corrected chi connectivity index (χ3v) is 3.42. The molecule has 0 fully saturated rings. The smallest absolute Gasteiger partial charge is 0.330 e. The van der Waals surface area contributed by atoms with Gasteiger partial charge in [-0.1, -0.05) is 12.1 Å². The van der Waals surface area contributed by atoms with Gasteiger partial charge in [-0.2, -0.15) is 0 Å². The highest BCUT2D eigenvalue weighted by atomic mass is 16.5. The molecule has 0 aliphatic carbocycles. The summed E-state index contributed by atoms with van der Waals surface area (Å²) in [7, 11) is 4.76. The molecule has 0 amide bonds. The predicted molar refractivity (Wildman–Crippen MR) is 80.5 cm³/mol. The standard InChI is InChI=1S/C15H19N3O3/c1-17-12(8-14(19)18(2)15(17)20)10-16-9-11-4-6-13(21-3)7-5-11/h4-8,16H,9-10H2,1-3H3. The van der Waals surface area contributed by atoms with Crippen LogP contribution in [0.1, 0.15) is 11.3 Å². The molecule has 2 aromatic rings. The van der Waals surface area contributed by atoms with Gasteiger partial charge in [0, 0.05) is 38.9 Å². The van der Waals surface area contributed by atoms with Crippen LogP contribution in [0.3, 0.4) is 0 Å². The summed E-state index contributed by atoms with van der Waals surface area (Å²) in [5, 5.41) is 3.22. The number of nitrogens with zero attached hydrogens (tertiary/aromatic N) is 2. The lowest BCUT2D eigenvalue weighted by molar-refractivity contribution is 0.414. The zero-order valence-corrected chi connectivity index (χ0v) is 12.4. The lowest BCUT2D eigenvalue weighted by atomic mass is 10.2. The van der Waals surface area contributed by atoms with Crippen molar-refractivity contribution in [2.75, 3.05) is 7.11 Å². The molecule has 1 heterocycles. The van der Waals surface area contributed by atoms with Crippen LogP contribution in [-0.2, 0) is 27.2 Å². The molecule has 0 bridgehead atoms. The van der Waals surface area contributed by atoms with E-state index in [9.17, 15) is 9.59 Å². The summed E-state index contributed by atoms with van der Waals surface area (Å²) in [4.78, 5) is 23.4. The maximum atomic E-state index is 11.8. The van der Waals surface area contributed by atoms with Crippen molar-refractivity contribution in [3.63, 3.8) is 0 Å². The van der Waals surface area contributed by atoms with Gasteiger partial charge in [0.1, 0.15) is 5.75 Å². The molecule has 1 aromatic carbocycles. The van der Waals surface area contributed by atoms with Crippen LogP contribution in [0.25, 0.3) is 0 Å². The first-order chi connectivity index (χ1) is 10.0. The van der Waals surface area contributed by atoms with Crippen molar-refractivity contribution in [1.29, 1.82) is 0 Å². The SMILES string of the molecule is COc1ccc(CNCc2cc(=O)n(C)c(=O)n2C)cc1. The Kier molecular flexibility index (Phi) is 4.59. The lowest BCUT2D eigenvalue weighted by Crippen LogP contribution is -2.38. The molecule has 2 rings (SSSR count). The number of nitrogens with one attached hydrogen (secondary N) is 1. The Labute approximate surface area is 122 Å². The van der Waals surface area contributed by atoms with E-state index in [1.807, 2.05) is 24.3 Å². The van der Waals surface area contributed by atoms with E-state index in [1.165, 1.54) is 17.7 Å². The molecule has 1 aromatic heterocycles. The third-order valence-electron chi connectivity index (χ3n) is 3.42.